The zero-order valence-electron chi connectivity index (χ0n) is 21.2. The first-order valence-corrected chi connectivity index (χ1v) is 13.1. The minimum Gasteiger partial charge on any atom is -0.378 e. The van der Waals surface area contributed by atoms with E-state index in [-0.39, 0.29) is 23.7 Å². The van der Waals surface area contributed by atoms with Gasteiger partial charge < -0.3 is 15.0 Å². The predicted octanol–water partition coefficient (Wildman–Crippen LogP) is 4.80. The summed E-state index contributed by atoms with van der Waals surface area (Å²) in [5.74, 6) is -0.680. The summed E-state index contributed by atoms with van der Waals surface area (Å²) in [6, 6.07) is 19.3. The maximum Gasteiger partial charge on any atom is 0.256 e. The number of carbonyl (C=O) groups excluding carboxylic acids is 1. The van der Waals surface area contributed by atoms with Gasteiger partial charge in [-0.25, -0.2) is 13.8 Å². The molecular formula is C31H27F2N3O3. The van der Waals surface area contributed by atoms with Crippen molar-refractivity contribution in [2.75, 3.05) is 6.54 Å². The Morgan fingerprint density at radius 3 is 2.38 bits per heavy atom. The van der Waals surface area contributed by atoms with Crippen molar-refractivity contribution in [2.24, 2.45) is 0 Å². The number of halogens is 2. The van der Waals surface area contributed by atoms with Crippen molar-refractivity contribution in [3.63, 3.8) is 0 Å². The molecule has 1 fully saturated rings. The van der Waals surface area contributed by atoms with E-state index < -0.39 is 17.4 Å². The summed E-state index contributed by atoms with van der Waals surface area (Å²) in [7, 11) is 0. The second kappa shape index (κ2) is 9.85. The van der Waals surface area contributed by atoms with Crippen LogP contribution in [0, 0.1) is 11.6 Å². The van der Waals surface area contributed by atoms with Gasteiger partial charge in [-0.3, -0.25) is 9.59 Å². The number of aromatic nitrogens is 2. The number of aromatic amines is 1. The number of aliphatic hydroxyl groups excluding tert-OH is 1. The number of aliphatic hydroxyl groups is 1. The van der Waals surface area contributed by atoms with E-state index in [0.717, 1.165) is 18.4 Å². The third kappa shape index (κ3) is 4.76. The minimum atomic E-state index is -1.44. The SMILES string of the molecule is O=C(C(O)c1cccc(-c2cccc(F)c2)c1)N1CCCc2nc(C3(c4cccc(F)c4)CC3)[nH]c(=O)c2C1. The van der Waals surface area contributed by atoms with Crippen LogP contribution in [0.25, 0.3) is 11.1 Å². The van der Waals surface area contributed by atoms with Crippen LogP contribution in [0.2, 0.25) is 0 Å². The van der Waals surface area contributed by atoms with Gasteiger partial charge in [-0.1, -0.05) is 42.5 Å². The van der Waals surface area contributed by atoms with Crippen LogP contribution in [0.1, 0.15) is 53.6 Å². The number of nitrogens with one attached hydrogen (secondary N) is 1. The lowest BCUT2D eigenvalue weighted by Gasteiger charge is -2.24. The van der Waals surface area contributed by atoms with Crippen LogP contribution in [0.3, 0.4) is 0 Å². The molecule has 1 unspecified atom stereocenters. The molecule has 6 nitrogen and oxygen atoms in total. The average Bonchev–Trinajstić information content (AvgIpc) is 3.77. The zero-order valence-corrected chi connectivity index (χ0v) is 21.2. The highest BCUT2D eigenvalue weighted by atomic mass is 19.1. The third-order valence-electron chi connectivity index (χ3n) is 7.78. The number of carbonyl (C=O) groups is 1. The van der Waals surface area contributed by atoms with Crippen molar-refractivity contribution in [1.29, 1.82) is 0 Å². The Labute approximate surface area is 224 Å². The van der Waals surface area contributed by atoms with Gasteiger partial charge in [0.1, 0.15) is 17.5 Å². The maximum atomic E-state index is 13.9. The number of H-pyrrole nitrogens is 1. The molecule has 1 aromatic heterocycles. The first kappa shape index (κ1) is 25.1. The van der Waals surface area contributed by atoms with Gasteiger partial charge in [0.25, 0.3) is 11.5 Å². The number of fused-ring (bicyclic) bond motifs is 1. The van der Waals surface area contributed by atoms with Gasteiger partial charge >= 0.3 is 0 Å². The molecule has 8 heteroatoms. The smallest absolute Gasteiger partial charge is 0.256 e. The van der Waals surface area contributed by atoms with Gasteiger partial charge in [-0.05, 0) is 78.3 Å². The summed E-state index contributed by atoms with van der Waals surface area (Å²) in [6.45, 7) is 0.393. The molecule has 0 spiro atoms. The maximum absolute atomic E-state index is 13.9. The lowest BCUT2D eigenvalue weighted by molar-refractivity contribution is -0.141. The molecule has 0 radical (unpaired) electrons. The van der Waals surface area contributed by atoms with Crippen LogP contribution < -0.4 is 5.56 Å². The number of rotatable bonds is 5. The Morgan fingerprint density at radius 2 is 1.67 bits per heavy atom. The Balaban J connectivity index is 1.25. The molecule has 1 aliphatic carbocycles. The first-order valence-electron chi connectivity index (χ1n) is 13.1. The van der Waals surface area contributed by atoms with Crippen LogP contribution in [-0.4, -0.2) is 32.4 Å². The molecule has 39 heavy (non-hydrogen) atoms. The van der Waals surface area contributed by atoms with Crippen molar-refractivity contribution in [2.45, 2.75) is 43.7 Å². The molecule has 198 valence electrons. The number of amides is 1. The normalized spacial score (nSPS) is 16.7. The van der Waals surface area contributed by atoms with Gasteiger partial charge in [0.05, 0.1) is 23.2 Å². The topological polar surface area (TPSA) is 86.3 Å². The number of nitrogens with zero attached hydrogens (tertiary/aromatic N) is 2. The fourth-order valence-corrected chi connectivity index (χ4v) is 5.48. The number of benzene rings is 3. The van der Waals surface area contributed by atoms with Crippen molar-refractivity contribution < 1.29 is 18.7 Å². The van der Waals surface area contributed by atoms with Crippen LogP contribution in [0.15, 0.2) is 77.6 Å². The molecular weight excluding hydrogens is 500 g/mol. The van der Waals surface area contributed by atoms with Gasteiger partial charge in [0, 0.05) is 6.54 Å². The van der Waals surface area contributed by atoms with Crippen LogP contribution in [0.5, 0.6) is 0 Å². The number of aryl methyl sites for hydroxylation is 1. The lowest BCUT2D eigenvalue weighted by atomic mass is 9.94. The van der Waals surface area contributed by atoms with Gasteiger partial charge in [0.2, 0.25) is 0 Å². The molecule has 4 aromatic rings. The van der Waals surface area contributed by atoms with E-state index in [4.69, 9.17) is 4.98 Å². The molecule has 2 N–H and O–H groups in total. The highest BCUT2D eigenvalue weighted by Gasteiger charge is 2.49. The van der Waals surface area contributed by atoms with Crippen molar-refractivity contribution >= 4 is 5.91 Å². The average molecular weight is 528 g/mol. The fourth-order valence-electron chi connectivity index (χ4n) is 5.48. The molecule has 6 rings (SSSR count). The third-order valence-corrected chi connectivity index (χ3v) is 7.78. The summed E-state index contributed by atoms with van der Waals surface area (Å²) in [5.41, 5.74) is 2.72. The molecule has 2 aliphatic rings. The molecule has 1 atom stereocenters. The van der Waals surface area contributed by atoms with Crippen LogP contribution in [0.4, 0.5) is 8.78 Å². The molecule has 2 heterocycles. The highest BCUT2D eigenvalue weighted by Crippen LogP contribution is 2.52. The first-order chi connectivity index (χ1) is 18.8. The van der Waals surface area contributed by atoms with Crippen LogP contribution >= 0.6 is 0 Å². The van der Waals surface area contributed by atoms with E-state index in [2.05, 4.69) is 4.98 Å². The minimum absolute atomic E-state index is 0.0321. The summed E-state index contributed by atoms with van der Waals surface area (Å²) >= 11 is 0. The Hall–Kier alpha value is -4.17. The van der Waals surface area contributed by atoms with E-state index in [0.29, 0.717) is 53.2 Å². The highest BCUT2D eigenvalue weighted by molar-refractivity contribution is 5.82. The molecule has 1 amide bonds. The molecule has 1 aliphatic heterocycles. The standard InChI is InChI=1S/C31H27F2N3O3/c32-23-9-2-6-20(16-23)19-5-1-7-21(15-19)27(37)29(39)36-14-4-11-26-25(18-36)28(38)35-30(34-26)31(12-13-31)22-8-3-10-24(33)17-22/h1-3,5-10,15-17,27,37H,4,11-14,18H2,(H,34,35,38). The van der Waals surface area contributed by atoms with E-state index in [1.54, 1.807) is 42.5 Å². The number of hydrogen-bond donors (Lipinski definition) is 2. The van der Waals surface area contributed by atoms with Gasteiger partial charge in [-0.2, -0.15) is 0 Å². The van der Waals surface area contributed by atoms with E-state index in [1.807, 2.05) is 6.07 Å². The molecule has 0 saturated heterocycles. The van der Waals surface area contributed by atoms with Gasteiger partial charge in [0.15, 0.2) is 6.10 Å². The van der Waals surface area contributed by atoms with Crippen molar-refractivity contribution in [3.05, 3.63) is 123 Å². The van der Waals surface area contributed by atoms with E-state index >= 15 is 0 Å². The zero-order chi connectivity index (χ0) is 27.1. The molecule has 1 saturated carbocycles. The van der Waals surface area contributed by atoms with Crippen molar-refractivity contribution in [3.8, 4) is 11.1 Å². The monoisotopic (exact) mass is 527 g/mol. The summed E-state index contributed by atoms with van der Waals surface area (Å²) in [4.78, 5) is 35.8. The molecule has 3 aromatic carbocycles. The largest absolute Gasteiger partial charge is 0.378 e. The van der Waals surface area contributed by atoms with Gasteiger partial charge in [-0.15, -0.1) is 0 Å². The Kier molecular flexibility index (Phi) is 6.35. The van der Waals surface area contributed by atoms with E-state index in [9.17, 15) is 23.5 Å². The fraction of sp³-hybridized carbons (Fsp3) is 0.258. The van der Waals surface area contributed by atoms with E-state index in [1.165, 1.54) is 29.2 Å². The number of hydrogen-bond acceptors (Lipinski definition) is 4. The second-order valence-electron chi connectivity index (χ2n) is 10.3. The summed E-state index contributed by atoms with van der Waals surface area (Å²) in [5, 5.41) is 11.0. The predicted molar refractivity (Wildman–Crippen MR) is 142 cm³/mol. The Bertz CT molecular complexity index is 1630. The Morgan fingerprint density at radius 1 is 0.974 bits per heavy atom. The summed E-state index contributed by atoms with van der Waals surface area (Å²) < 4.78 is 27.6. The summed E-state index contributed by atoms with van der Waals surface area (Å²) in [6.07, 6.45) is 1.19. The van der Waals surface area contributed by atoms with Crippen molar-refractivity contribution in [1.82, 2.24) is 14.9 Å². The lowest BCUT2D eigenvalue weighted by Crippen LogP contribution is -2.36. The second-order valence-corrected chi connectivity index (χ2v) is 10.3. The van der Waals surface area contributed by atoms with Crippen LogP contribution in [-0.2, 0) is 23.2 Å². The molecule has 0 bridgehead atoms. The quantitative estimate of drug-likeness (QED) is 0.390.